The third-order valence-electron chi connectivity index (χ3n) is 4.02. The largest absolute Gasteiger partial charge is 0.491 e. The first-order chi connectivity index (χ1) is 11.6. The average molecular weight is 322 g/mol. The molecule has 8 nitrogen and oxygen atoms in total. The van der Waals surface area contributed by atoms with E-state index >= 15 is 0 Å². The zero-order valence-corrected chi connectivity index (χ0v) is 13.3. The molecule has 0 unspecified atom stereocenters. The molecule has 3 heterocycles. The van der Waals surface area contributed by atoms with Crippen molar-refractivity contribution in [2.75, 3.05) is 12.1 Å². The van der Waals surface area contributed by atoms with Crippen LogP contribution in [0.1, 0.15) is 11.1 Å². The molecule has 1 aliphatic rings. The lowest BCUT2D eigenvalue weighted by Gasteiger charge is -2.12. The number of hydrogen-bond donors (Lipinski definition) is 1. The second-order valence-electron chi connectivity index (χ2n) is 5.59. The smallest absolute Gasteiger partial charge is 0.423 e. The molecule has 1 aromatic carbocycles. The summed E-state index contributed by atoms with van der Waals surface area (Å²) in [6.45, 7) is 0.413. The zero-order valence-electron chi connectivity index (χ0n) is 13.3. The second kappa shape index (κ2) is 5.70. The fraction of sp³-hybridized carbons (Fsp3) is 0.200. The number of rotatable bonds is 3. The summed E-state index contributed by atoms with van der Waals surface area (Å²) in [5.74, 6) is 0.685. The van der Waals surface area contributed by atoms with Crippen LogP contribution in [-0.4, -0.2) is 45.2 Å². The van der Waals surface area contributed by atoms with Crippen LogP contribution in [0.2, 0.25) is 0 Å². The number of hydrazone groups is 1. The molecule has 3 aromatic rings. The summed E-state index contributed by atoms with van der Waals surface area (Å²) >= 11 is 0. The topological polar surface area (TPSA) is 88.7 Å². The molecule has 1 aliphatic heterocycles. The van der Waals surface area contributed by atoms with Gasteiger partial charge in [0.15, 0.2) is 11.5 Å². The lowest BCUT2D eigenvalue weighted by atomic mass is 9.79. The number of nitrogens with zero attached hydrogens (tertiary/aromatic N) is 6. The molecule has 0 atom stereocenters. The average Bonchev–Trinajstić information content (AvgIpc) is 3.16. The van der Waals surface area contributed by atoms with E-state index < -0.39 is 7.12 Å². The number of aryl methyl sites for hydroxylation is 1. The maximum absolute atomic E-state index is 9.66. The number of fused-ring (bicyclic) bond motifs is 2. The number of anilines is 1. The monoisotopic (exact) mass is 322 g/mol. The van der Waals surface area contributed by atoms with Crippen LogP contribution in [0.25, 0.3) is 11.0 Å². The first-order valence-corrected chi connectivity index (χ1v) is 7.46. The van der Waals surface area contributed by atoms with Gasteiger partial charge in [-0.2, -0.15) is 10.2 Å². The van der Waals surface area contributed by atoms with Crippen molar-refractivity contribution < 1.29 is 9.68 Å². The van der Waals surface area contributed by atoms with Crippen LogP contribution in [0.5, 0.6) is 0 Å². The van der Waals surface area contributed by atoms with Crippen molar-refractivity contribution in [3.8, 4) is 0 Å². The molecule has 9 heteroatoms. The van der Waals surface area contributed by atoms with E-state index in [4.69, 9.17) is 4.65 Å². The van der Waals surface area contributed by atoms with Crippen LogP contribution in [0.4, 0.5) is 5.82 Å². The summed E-state index contributed by atoms with van der Waals surface area (Å²) in [5, 5.41) is 20.8. The SMILES string of the molecule is CN(/N=C/c1ccc2c(c1)COB2O)c1ncnc2c1cnn2C. The highest BCUT2D eigenvalue weighted by molar-refractivity contribution is 6.61. The van der Waals surface area contributed by atoms with Crippen LogP contribution in [0.15, 0.2) is 35.8 Å². The van der Waals surface area contributed by atoms with Crippen molar-refractivity contribution in [3.63, 3.8) is 0 Å². The Bertz CT molecular complexity index is 941. The van der Waals surface area contributed by atoms with E-state index in [1.54, 1.807) is 22.1 Å². The molecule has 2 aromatic heterocycles. The van der Waals surface area contributed by atoms with Crippen molar-refractivity contribution in [1.82, 2.24) is 19.7 Å². The van der Waals surface area contributed by atoms with E-state index in [9.17, 15) is 5.02 Å². The van der Waals surface area contributed by atoms with E-state index in [-0.39, 0.29) is 0 Å². The summed E-state index contributed by atoms with van der Waals surface area (Å²) in [6, 6.07) is 5.72. The van der Waals surface area contributed by atoms with E-state index in [2.05, 4.69) is 20.2 Å². The third kappa shape index (κ3) is 2.43. The molecule has 0 aliphatic carbocycles. The molecular formula is C15H15BN6O2. The van der Waals surface area contributed by atoms with Gasteiger partial charge in [-0.3, -0.25) is 9.69 Å². The molecule has 120 valence electrons. The highest BCUT2D eigenvalue weighted by atomic mass is 16.5. The highest BCUT2D eigenvalue weighted by Crippen LogP contribution is 2.21. The van der Waals surface area contributed by atoms with Gasteiger partial charge >= 0.3 is 7.12 Å². The zero-order chi connectivity index (χ0) is 16.7. The van der Waals surface area contributed by atoms with Crippen molar-refractivity contribution in [2.45, 2.75) is 6.61 Å². The summed E-state index contributed by atoms with van der Waals surface area (Å²) in [6.07, 6.45) is 4.97. The molecular weight excluding hydrogens is 307 g/mol. The van der Waals surface area contributed by atoms with Gasteiger partial charge in [0, 0.05) is 14.1 Å². The normalized spacial score (nSPS) is 13.9. The fourth-order valence-electron chi connectivity index (χ4n) is 2.75. The second-order valence-corrected chi connectivity index (χ2v) is 5.59. The van der Waals surface area contributed by atoms with Gasteiger partial charge in [-0.25, -0.2) is 9.97 Å². The van der Waals surface area contributed by atoms with Gasteiger partial charge in [0.05, 0.1) is 24.4 Å². The first kappa shape index (κ1) is 14.8. The standard InChI is InChI=1S/C15H15BN6O2/c1-21(14-12-7-20-22(2)15(12)18-9-17-14)19-6-10-3-4-13-11(5-10)8-24-16(13)23/h3-7,9,23H,8H2,1-2H3/b19-6+. The van der Waals surface area contributed by atoms with E-state index in [1.807, 2.05) is 32.3 Å². The molecule has 0 radical (unpaired) electrons. The lowest BCUT2D eigenvalue weighted by molar-refractivity contribution is 0.275. The molecule has 1 N–H and O–H groups in total. The van der Waals surface area contributed by atoms with Crippen molar-refractivity contribution in [1.29, 1.82) is 0 Å². The van der Waals surface area contributed by atoms with Crippen molar-refractivity contribution in [3.05, 3.63) is 41.9 Å². The molecule has 0 fully saturated rings. The van der Waals surface area contributed by atoms with Crippen LogP contribution in [-0.2, 0) is 18.3 Å². The summed E-state index contributed by atoms with van der Waals surface area (Å²) in [4.78, 5) is 8.52. The minimum Gasteiger partial charge on any atom is -0.423 e. The van der Waals surface area contributed by atoms with Gasteiger partial charge in [0.25, 0.3) is 0 Å². The Morgan fingerprint density at radius 2 is 2.29 bits per heavy atom. The first-order valence-electron chi connectivity index (χ1n) is 7.46. The van der Waals surface area contributed by atoms with E-state index in [1.165, 1.54) is 6.33 Å². The fourth-order valence-corrected chi connectivity index (χ4v) is 2.75. The van der Waals surface area contributed by atoms with Gasteiger partial charge in [0.2, 0.25) is 0 Å². The molecule has 0 saturated carbocycles. The summed E-state index contributed by atoms with van der Waals surface area (Å²) < 4.78 is 6.90. The quantitative estimate of drug-likeness (QED) is 0.416. The van der Waals surface area contributed by atoms with Gasteiger partial charge in [-0.1, -0.05) is 12.1 Å². The Morgan fingerprint density at radius 1 is 1.42 bits per heavy atom. The molecule has 24 heavy (non-hydrogen) atoms. The van der Waals surface area contributed by atoms with Gasteiger partial charge in [-0.05, 0) is 22.7 Å². The molecule has 4 rings (SSSR count). The Balaban J connectivity index is 1.61. The van der Waals surface area contributed by atoms with Crippen LogP contribution < -0.4 is 10.5 Å². The lowest BCUT2D eigenvalue weighted by Crippen LogP contribution is -2.27. The Morgan fingerprint density at radius 3 is 3.17 bits per heavy atom. The Labute approximate surface area is 138 Å². The van der Waals surface area contributed by atoms with Gasteiger partial charge in [0.1, 0.15) is 6.33 Å². The third-order valence-corrected chi connectivity index (χ3v) is 4.02. The number of aromatic nitrogens is 4. The van der Waals surface area contributed by atoms with Gasteiger partial charge < -0.3 is 9.68 Å². The predicted molar refractivity (Wildman–Crippen MR) is 91.1 cm³/mol. The maximum Gasteiger partial charge on any atom is 0.491 e. The minimum atomic E-state index is -0.825. The summed E-state index contributed by atoms with van der Waals surface area (Å²) in [7, 11) is 2.84. The van der Waals surface area contributed by atoms with E-state index in [0.29, 0.717) is 12.4 Å². The molecule has 0 saturated heterocycles. The van der Waals surface area contributed by atoms with Crippen LogP contribution in [0, 0.1) is 0 Å². The van der Waals surface area contributed by atoms with Crippen molar-refractivity contribution >= 4 is 35.6 Å². The molecule has 0 bridgehead atoms. The molecule has 0 spiro atoms. The highest BCUT2D eigenvalue weighted by Gasteiger charge is 2.26. The minimum absolute atomic E-state index is 0.413. The summed E-state index contributed by atoms with van der Waals surface area (Å²) in [5.41, 5.74) is 3.47. The number of benzene rings is 1. The van der Waals surface area contributed by atoms with Crippen molar-refractivity contribution in [2.24, 2.45) is 12.1 Å². The predicted octanol–water partition coefficient (Wildman–Crippen LogP) is 0.0513. The van der Waals surface area contributed by atoms with Crippen LogP contribution >= 0.6 is 0 Å². The number of hydrogen-bond acceptors (Lipinski definition) is 7. The van der Waals surface area contributed by atoms with Crippen LogP contribution in [0.3, 0.4) is 0 Å². The van der Waals surface area contributed by atoms with Gasteiger partial charge in [-0.15, -0.1) is 0 Å². The Kier molecular flexibility index (Phi) is 3.51. The van der Waals surface area contributed by atoms with E-state index in [0.717, 1.165) is 27.6 Å². The Hall–Kier alpha value is -2.78. The maximum atomic E-state index is 9.66. The molecule has 0 amide bonds.